The van der Waals surface area contributed by atoms with Gasteiger partial charge in [0.1, 0.15) is 23.1 Å². The molecule has 10 atom stereocenters. The molecule has 10 unspecified atom stereocenters. The number of aliphatic hydroxyl groups excluding tert-OH is 10. The van der Waals surface area contributed by atoms with Crippen LogP contribution in [0.15, 0.2) is 49.0 Å². The maximum Gasteiger partial charge on any atom is 0.308 e. The number of aliphatic hydroxyl groups is 10. The van der Waals surface area contributed by atoms with Crippen LogP contribution in [0.5, 0.6) is 0 Å². The summed E-state index contributed by atoms with van der Waals surface area (Å²) in [5, 5.41) is 103. The number of ketones is 4. The molecule has 0 saturated heterocycles. The van der Waals surface area contributed by atoms with E-state index in [-0.39, 0.29) is 160 Å². The molecule has 0 aromatic rings. The summed E-state index contributed by atoms with van der Waals surface area (Å²) in [5.41, 5.74) is 1.83. The van der Waals surface area contributed by atoms with E-state index in [4.69, 9.17) is 48.6 Å². The van der Waals surface area contributed by atoms with Gasteiger partial charge in [0, 0.05) is 120 Å². The van der Waals surface area contributed by atoms with Gasteiger partial charge in [0.25, 0.3) is 23.6 Å². The Hall–Kier alpha value is -4.82. The van der Waals surface area contributed by atoms with Crippen LogP contribution in [0, 0.1) is 0 Å². The molecule has 0 aliphatic carbocycles. The zero-order valence-corrected chi connectivity index (χ0v) is 64.1. The van der Waals surface area contributed by atoms with E-state index in [0.29, 0.717) is 69.3 Å². The topological polar surface area (TPSA) is 495 Å². The third kappa shape index (κ3) is 62.2. The quantitative estimate of drug-likeness (QED) is 0.0101. The second-order valence-corrected chi connectivity index (χ2v) is 28.4. The number of esters is 2. The van der Waals surface area contributed by atoms with E-state index in [1.165, 1.54) is 28.4 Å². The predicted octanol–water partition coefficient (Wildman–Crippen LogP) is 1.07. The van der Waals surface area contributed by atoms with Crippen molar-refractivity contribution in [1.82, 2.24) is 15.3 Å². The fraction of sp³-hybridized carbons (Fsp3) is 0.731. The zero-order chi connectivity index (χ0) is 79.2. The maximum absolute atomic E-state index is 11.9. The molecule has 0 saturated carbocycles. The minimum atomic E-state index is -0.993. The van der Waals surface area contributed by atoms with Crippen molar-refractivity contribution in [3.05, 3.63) is 49.0 Å². The number of rotatable bonds is 59. The molecular weight excluding hydrogens is 1450 g/mol. The van der Waals surface area contributed by atoms with Gasteiger partial charge < -0.3 is 98.9 Å². The SMILES string of the molecule is C=C(CC(O)COCC(O)CC(=C)OC)OC.CCC(O)COCC(O)CNO.COC(=O)CC(O)COCC(O)CC(=O)OC.CSSCCC(=O)CCC(O)COCC(O)CCC(=O)CCSSC.O=C(CCC(O)COCC(O)CCC(=O)CCN1C(=O)C=CC1=O)CCN1C(=O)C=CC1=O. The number of hydrogen-bond donors (Lipinski definition) is 12. The molecule has 4 amide bonds. The highest BCUT2D eigenvalue weighted by Gasteiger charge is 2.26. The standard InChI is InChI=1S/C22H28N2O9.C16H30O5S4.C12H22O5.C10H18O7.C7H17NO4/c25-15(9-11-23-19(29)5-6-20(23)30)1-3-17(27)13-33-14-18(28)4-2-16(26)10-12-24-21(31)7-8-22(24)32;1-22-24-9-7-13(17)3-5-15(19)11-21-12-16(20)6-4-14(18)8-10-25-23-2;1-9(15-3)5-11(13)7-17-8-12(14)6-10(2)16-4;1-15-9(13)3-7(11)5-17-6-8(12)4-10(14)16-2;1-2-6(9)4-12-5-7(10)3-8-11/h5-8,17-18,27-28H,1-4,9-14H2;15-16,19-20H,3-12H2,1-2H3;11-14H,1-2,5-8H2,3-4H3;7-8,11-12H,3-6H2,1-2H3;6-11H,2-5H2,1H3. The lowest BCUT2D eigenvalue weighted by Crippen LogP contribution is -2.32. The van der Waals surface area contributed by atoms with Crippen LogP contribution in [0.25, 0.3) is 0 Å². The molecule has 0 radical (unpaired) electrons. The molecule has 2 aliphatic rings. The average molecular weight is 1570 g/mol. The Kier molecular flexibility index (Phi) is 67.1. The first kappa shape index (κ1) is 103. The fourth-order valence-corrected chi connectivity index (χ4v) is 10.3. The van der Waals surface area contributed by atoms with E-state index in [9.17, 15) is 88.8 Å². The number of nitrogens with zero attached hydrogens (tertiary/aromatic N) is 2. The van der Waals surface area contributed by atoms with Crippen molar-refractivity contribution in [3.8, 4) is 0 Å². The third-order valence-corrected chi connectivity index (χ3v) is 17.5. The first-order valence-electron chi connectivity index (χ1n) is 33.4. The van der Waals surface area contributed by atoms with Crippen LogP contribution < -0.4 is 5.48 Å². The van der Waals surface area contributed by atoms with Gasteiger partial charge in [0.15, 0.2) is 0 Å². The van der Waals surface area contributed by atoms with Crippen LogP contribution in [0.3, 0.4) is 0 Å². The molecule has 37 heteroatoms. The minimum Gasteiger partial charge on any atom is -0.502 e. The Bertz CT molecular complexity index is 2250. The normalized spacial score (nSPS) is 15.2. The molecule has 12 N–H and O–H groups in total. The van der Waals surface area contributed by atoms with Crippen LogP contribution in [0.4, 0.5) is 0 Å². The summed E-state index contributed by atoms with van der Waals surface area (Å²) < 4.78 is 43.9. The summed E-state index contributed by atoms with van der Waals surface area (Å²) in [4.78, 5) is 116. The largest absolute Gasteiger partial charge is 0.502 e. The number of carbonyl (C=O) groups is 10. The molecule has 0 aromatic carbocycles. The van der Waals surface area contributed by atoms with E-state index < -0.39 is 96.6 Å². The summed E-state index contributed by atoms with van der Waals surface area (Å²) in [6.45, 7) is 9.46. The Labute approximate surface area is 625 Å². The van der Waals surface area contributed by atoms with Gasteiger partial charge in [-0.3, -0.25) is 57.7 Å². The lowest BCUT2D eigenvalue weighted by atomic mass is 10.1. The molecule has 104 heavy (non-hydrogen) atoms. The number of carbonyl (C=O) groups excluding carboxylic acids is 10. The second-order valence-electron chi connectivity index (χ2n) is 23.1. The van der Waals surface area contributed by atoms with Crippen LogP contribution >= 0.6 is 43.2 Å². The summed E-state index contributed by atoms with van der Waals surface area (Å²) in [7, 11) is 12.0. The molecular formula is C67H115N3O30S4. The minimum absolute atomic E-state index is 0.00252. The highest BCUT2D eigenvalue weighted by molar-refractivity contribution is 8.76. The smallest absolute Gasteiger partial charge is 0.308 e. The van der Waals surface area contributed by atoms with Gasteiger partial charge in [-0.25, -0.2) is 5.48 Å². The molecule has 2 aliphatic heterocycles. The third-order valence-electron chi connectivity index (χ3n) is 13.9. The van der Waals surface area contributed by atoms with Gasteiger partial charge in [-0.15, -0.1) is 0 Å². The Morgan fingerprint density at radius 1 is 0.394 bits per heavy atom. The van der Waals surface area contributed by atoms with Crippen molar-refractivity contribution in [2.75, 3.05) is 138 Å². The first-order valence-corrected chi connectivity index (χ1v) is 38.9. The molecule has 0 spiro atoms. The number of hydrogen-bond acceptors (Lipinski definition) is 35. The van der Waals surface area contributed by atoms with E-state index >= 15 is 0 Å². The number of nitrogens with one attached hydrogen (secondary N) is 1. The van der Waals surface area contributed by atoms with Crippen LogP contribution in [0.1, 0.15) is 116 Å². The molecule has 33 nitrogen and oxygen atoms in total. The first-order chi connectivity index (χ1) is 49.3. The number of methoxy groups -OCH3 is 4. The maximum atomic E-state index is 11.9. The van der Waals surface area contributed by atoms with Gasteiger partial charge in [-0.05, 0) is 44.6 Å². The van der Waals surface area contributed by atoms with Crippen LogP contribution in [-0.4, -0.2) is 324 Å². The number of amides is 4. The average Bonchev–Trinajstić information content (AvgIpc) is 1.78. The molecule has 0 fully saturated rings. The van der Waals surface area contributed by atoms with Gasteiger partial charge in [0.05, 0.1) is 180 Å². The number of Topliss-reactive ketones (excluding diaryl/α,β-unsaturated/α-hetero) is 4. The number of hydroxylamine groups is 1. The second kappa shape index (κ2) is 67.5. The van der Waals surface area contributed by atoms with Crippen molar-refractivity contribution >= 4 is 102 Å². The summed E-state index contributed by atoms with van der Waals surface area (Å²) in [5.74, 6) is -0.395. The molecule has 2 rings (SSSR count). The lowest BCUT2D eigenvalue weighted by Gasteiger charge is -2.15. The molecule has 602 valence electrons. The van der Waals surface area contributed by atoms with Crippen molar-refractivity contribution in [2.24, 2.45) is 0 Å². The Morgan fingerprint density at radius 2 is 0.654 bits per heavy atom. The summed E-state index contributed by atoms with van der Waals surface area (Å²) in [6.07, 6.45) is 4.58. The zero-order valence-electron chi connectivity index (χ0n) is 60.8. The van der Waals surface area contributed by atoms with E-state index in [0.717, 1.165) is 45.6 Å². The number of imide groups is 2. The van der Waals surface area contributed by atoms with Gasteiger partial charge in [-0.1, -0.05) is 63.3 Å². The fourth-order valence-electron chi connectivity index (χ4n) is 7.86. The lowest BCUT2D eigenvalue weighted by molar-refractivity contribution is -0.145. The van der Waals surface area contributed by atoms with Crippen LogP contribution in [-0.2, 0) is 90.6 Å². The van der Waals surface area contributed by atoms with Gasteiger partial charge in [-0.2, -0.15) is 0 Å². The molecule has 2 heterocycles. The summed E-state index contributed by atoms with van der Waals surface area (Å²) >= 11 is 0. The molecule has 0 aromatic heterocycles. The van der Waals surface area contributed by atoms with Crippen molar-refractivity contribution in [1.29, 1.82) is 0 Å². The highest BCUT2D eigenvalue weighted by Crippen LogP contribution is 2.20. The van der Waals surface area contributed by atoms with E-state index in [2.05, 4.69) is 22.6 Å². The van der Waals surface area contributed by atoms with Crippen molar-refractivity contribution < 1.29 is 147 Å². The van der Waals surface area contributed by atoms with E-state index in [1.807, 2.05) is 24.9 Å². The highest BCUT2D eigenvalue weighted by atomic mass is 33.1. The van der Waals surface area contributed by atoms with Crippen molar-refractivity contribution in [2.45, 2.75) is 177 Å². The van der Waals surface area contributed by atoms with Gasteiger partial charge >= 0.3 is 11.9 Å². The monoisotopic (exact) mass is 1570 g/mol. The predicted molar refractivity (Wildman–Crippen MR) is 388 cm³/mol. The molecule has 0 bridgehead atoms. The summed E-state index contributed by atoms with van der Waals surface area (Å²) in [6, 6.07) is 0. The van der Waals surface area contributed by atoms with E-state index in [1.54, 1.807) is 43.2 Å². The van der Waals surface area contributed by atoms with Crippen LogP contribution in [0.2, 0.25) is 0 Å². The van der Waals surface area contributed by atoms with Gasteiger partial charge in [0.2, 0.25) is 0 Å². The van der Waals surface area contributed by atoms with Crippen molar-refractivity contribution in [3.63, 3.8) is 0 Å². The Morgan fingerprint density at radius 3 is 0.913 bits per heavy atom. The number of ether oxygens (including phenoxy) is 9. The Balaban J connectivity index is -0.00000128.